The second kappa shape index (κ2) is 6.92. The predicted molar refractivity (Wildman–Crippen MR) is 61.7 cm³/mol. The summed E-state index contributed by atoms with van der Waals surface area (Å²) in [5, 5.41) is 7.82. The van der Waals surface area contributed by atoms with Gasteiger partial charge in [-0.05, 0) is 13.0 Å². The van der Waals surface area contributed by atoms with Crippen molar-refractivity contribution in [2.75, 3.05) is 19.6 Å². The number of hydrogen-bond acceptors (Lipinski definition) is 4. The summed E-state index contributed by atoms with van der Waals surface area (Å²) in [4.78, 5) is 5.71. The maximum atomic E-state index is 4.34. The molecular weight excluding hydrogens is 194 g/mol. The minimum Gasteiger partial charge on any atom is -0.316 e. The number of rotatable bonds is 7. The summed E-state index contributed by atoms with van der Waals surface area (Å²) in [6, 6.07) is 0. The van der Waals surface area contributed by atoms with Crippen molar-refractivity contribution in [3.05, 3.63) is 16.1 Å². The van der Waals surface area contributed by atoms with Crippen molar-refractivity contribution >= 4 is 11.3 Å². The molecule has 0 aliphatic heterocycles. The molecular formula is C10H19N3S. The molecule has 0 aliphatic carbocycles. The fourth-order valence-corrected chi connectivity index (χ4v) is 1.97. The van der Waals surface area contributed by atoms with Gasteiger partial charge in [0.25, 0.3) is 0 Å². The van der Waals surface area contributed by atoms with E-state index in [4.69, 9.17) is 0 Å². The SMILES string of the molecule is CCNCCNCc1ncc(CC)s1. The van der Waals surface area contributed by atoms with Gasteiger partial charge in [-0.1, -0.05) is 13.8 Å². The van der Waals surface area contributed by atoms with Crippen LogP contribution in [-0.2, 0) is 13.0 Å². The molecule has 0 amide bonds. The van der Waals surface area contributed by atoms with E-state index < -0.39 is 0 Å². The maximum Gasteiger partial charge on any atom is 0.107 e. The quantitative estimate of drug-likeness (QED) is 0.672. The van der Waals surface area contributed by atoms with Crippen molar-refractivity contribution in [2.45, 2.75) is 26.8 Å². The lowest BCUT2D eigenvalue weighted by molar-refractivity contribution is 0.623. The highest BCUT2D eigenvalue weighted by molar-refractivity contribution is 7.11. The number of hydrogen-bond donors (Lipinski definition) is 2. The van der Waals surface area contributed by atoms with E-state index in [9.17, 15) is 0 Å². The number of aryl methyl sites for hydroxylation is 1. The Morgan fingerprint density at radius 3 is 2.71 bits per heavy atom. The average Bonchev–Trinajstić information content (AvgIpc) is 2.65. The van der Waals surface area contributed by atoms with Gasteiger partial charge in [0.1, 0.15) is 5.01 Å². The maximum absolute atomic E-state index is 4.34. The second-order valence-electron chi connectivity index (χ2n) is 3.10. The van der Waals surface area contributed by atoms with Gasteiger partial charge in [0.05, 0.1) is 0 Å². The Bertz CT molecular complexity index is 247. The van der Waals surface area contributed by atoms with Crippen LogP contribution < -0.4 is 10.6 Å². The van der Waals surface area contributed by atoms with E-state index in [1.807, 2.05) is 6.20 Å². The van der Waals surface area contributed by atoms with Crippen LogP contribution in [0.1, 0.15) is 23.7 Å². The average molecular weight is 213 g/mol. The first kappa shape index (κ1) is 11.6. The highest BCUT2D eigenvalue weighted by Gasteiger charge is 1.98. The van der Waals surface area contributed by atoms with Crippen LogP contribution in [0.5, 0.6) is 0 Å². The number of thiazole rings is 1. The van der Waals surface area contributed by atoms with Crippen LogP contribution in [0.2, 0.25) is 0 Å². The van der Waals surface area contributed by atoms with Crippen molar-refractivity contribution in [1.29, 1.82) is 0 Å². The Labute approximate surface area is 89.9 Å². The van der Waals surface area contributed by atoms with E-state index in [2.05, 4.69) is 29.5 Å². The van der Waals surface area contributed by atoms with Crippen LogP contribution in [0.3, 0.4) is 0 Å². The smallest absolute Gasteiger partial charge is 0.107 e. The lowest BCUT2D eigenvalue weighted by Crippen LogP contribution is -2.26. The molecule has 0 aromatic carbocycles. The van der Waals surface area contributed by atoms with Gasteiger partial charge in [-0.3, -0.25) is 0 Å². The summed E-state index contributed by atoms with van der Waals surface area (Å²) >= 11 is 1.80. The standard InChI is InChI=1S/C10H19N3S/c1-3-9-7-13-10(14-9)8-12-6-5-11-4-2/h7,11-12H,3-6,8H2,1-2H3. The molecule has 4 heteroatoms. The molecule has 1 aromatic heterocycles. The molecule has 14 heavy (non-hydrogen) atoms. The molecule has 0 bridgehead atoms. The summed E-state index contributed by atoms with van der Waals surface area (Å²) in [7, 11) is 0. The first-order chi connectivity index (χ1) is 6.86. The minimum atomic E-state index is 0.899. The summed E-state index contributed by atoms with van der Waals surface area (Å²) in [6.45, 7) is 8.26. The first-order valence-corrected chi connectivity index (χ1v) is 6.03. The molecule has 1 rings (SSSR count). The predicted octanol–water partition coefficient (Wildman–Crippen LogP) is 1.40. The lowest BCUT2D eigenvalue weighted by atomic mass is 10.4. The van der Waals surface area contributed by atoms with Crippen LogP contribution in [0, 0.1) is 0 Å². The molecule has 0 radical (unpaired) electrons. The molecule has 2 N–H and O–H groups in total. The van der Waals surface area contributed by atoms with Crippen molar-refractivity contribution in [2.24, 2.45) is 0 Å². The molecule has 0 atom stereocenters. The molecule has 0 aliphatic rings. The molecule has 0 spiro atoms. The second-order valence-corrected chi connectivity index (χ2v) is 4.30. The molecule has 0 saturated heterocycles. The monoisotopic (exact) mass is 213 g/mol. The van der Waals surface area contributed by atoms with E-state index in [1.165, 1.54) is 9.88 Å². The molecule has 80 valence electrons. The van der Waals surface area contributed by atoms with Crippen molar-refractivity contribution in [1.82, 2.24) is 15.6 Å². The van der Waals surface area contributed by atoms with Gasteiger partial charge in [0.2, 0.25) is 0 Å². The fraction of sp³-hybridized carbons (Fsp3) is 0.700. The molecule has 1 aromatic rings. The Balaban J connectivity index is 2.12. The van der Waals surface area contributed by atoms with Gasteiger partial charge < -0.3 is 10.6 Å². The molecule has 0 saturated carbocycles. The highest BCUT2D eigenvalue weighted by Crippen LogP contribution is 2.12. The Morgan fingerprint density at radius 2 is 2.07 bits per heavy atom. The van der Waals surface area contributed by atoms with Gasteiger partial charge in [0.15, 0.2) is 0 Å². The number of aromatic nitrogens is 1. The van der Waals surface area contributed by atoms with Gasteiger partial charge in [-0.15, -0.1) is 11.3 Å². The summed E-state index contributed by atoms with van der Waals surface area (Å²) < 4.78 is 0. The first-order valence-electron chi connectivity index (χ1n) is 5.21. The zero-order valence-corrected chi connectivity index (χ0v) is 9.78. The normalized spacial score (nSPS) is 10.7. The van der Waals surface area contributed by atoms with E-state index in [0.29, 0.717) is 0 Å². The van der Waals surface area contributed by atoms with Crippen molar-refractivity contribution in [3.63, 3.8) is 0 Å². The summed E-state index contributed by atoms with van der Waals surface area (Å²) in [6.07, 6.45) is 3.07. The Hall–Kier alpha value is -0.450. The van der Waals surface area contributed by atoms with Crippen LogP contribution in [-0.4, -0.2) is 24.6 Å². The number of nitrogens with one attached hydrogen (secondary N) is 2. The molecule has 0 fully saturated rings. The van der Waals surface area contributed by atoms with Crippen molar-refractivity contribution in [3.8, 4) is 0 Å². The summed E-state index contributed by atoms with van der Waals surface area (Å²) in [5.74, 6) is 0. The number of likely N-dealkylation sites (N-methyl/N-ethyl adjacent to an activating group) is 1. The lowest BCUT2D eigenvalue weighted by Gasteiger charge is -2.02. The highest BCUT2D eigenvalue weighted by atomic mass is 32.1. The minimum absolute atomic E-state index is 0.899. The largest absolute Gasteiger partial charge is 0.316 e. The third kappa shape index (κ3) is 4.17. The Morgan fingerprint density at radius 1 is 1.29 bits per heavy atom. The van der Waals surface area contributed by atoms with Gasteiger partial charge in [-0.2, -0.15) is 0 Å². The third-order valence-electron chi connectivity index (χ3n) is 1.95. The van der Waals surface area contributed by atoms with Gasteiger partial charge >= 0.3 is 0 Å². The number of nitrogens with zero attached hydrogens (tertiary/aromatic N) is 1. The van der Waals surface area contributed by atoms with E-state index >= 15 is 0 Å². The van der Waals surface area contributed by atoms with Gasteiger partial charge in [0, 0.05) is 30.7 Å². The van der Waals surface area contributed by atoms with Crippen LogP contribution >= 0.6 is 11.3 Å². The van der Waals surface area contributed by atoms with Crippen LogP contribution in [0.15, 0.2) is 6.20 Å². The van der Waals surface area contributed by atoms with E-state index in [-0.39, 0.29) is 0 Å². The zero-order chi connectivity index (χ0) is 10.2. The molecule has 1 heterocycles. The van der Waals surface area contributed by atoms with Crippen LogP contribution in [0.4, 0.5) is 0 Å². The van der Waals surface area contributed by atoms with Crippen LogP contribution in [0.25, 0.3) is 0 Å². The molecule has 0 unspecified atom stereocenters. The van der Waals surface area contributed by atoms with Crippen molar-refractivity contribution < 1.29 is 0 Å². The van der Waals surface area contributed by atoms with Gasteiger partial charge in [-0.25, -0.2) is 4.98 Å². The van der Waals surface area contributed by atoms with E-state index in [1.54, 1.807) is 11.3 Å². The fourth-order valence-electron chi connectivity index (χ4n) is 1.14. The Kier molecular flexibility index (Phi) is 5.75. The zero-order valence-electron chi connectivity index (χ0n) is 8.97. The summed E-state index contributed by atoms with van der Waals surface area (Å²) in [5.41, 5.74) is 0. The van der Waals surface area contributed by atoms with E-state index in [0.717, 1.165) is 32.6 Å². The molecule has 3 nitrogen and oxygen atoms in total. The third-order valence-corrected chi connectivity index (χ3v) is 3.10. The topological polar surface area (TPSA) is 37.0 Å².